The van der Waals surface area contributed by atoms with Gasteiger partial charge >= 0.3 is 29.8 Å². The number of carbonyl (C=O) groups is 7. The zero-order chi connectivity index (χ0) is 43.8. The summed E-state index contributed by atoms with van der Waals surface area (Å²) in [6.07, 6.45) is 0.457. The van der Waals surface area contributed by atoms with E-state index in [1.807, 2.05) is 78.9 Å². The first-order valence-electron chi connectivity index (χ1n) is 18.0. The molecule has 0 bridgehead atoms. The molecule has 0 saturated carbocycles. The van der Waals surface area contributed by atoms with Crippen molar-refractivity contribution in [1.29, 1.82) is 0 Å². The highest BCUT2D eigenvalue weighted by molar-refractivity contribution is 5.85. The number of amides is 2. The number of carboxylic acids is 5. The van der Waals surface area contributed by atoms with E-state index in [1.54, 1.807) is 72.8 Å². The van der Waals surface area contributed by atoms with Crippen LogP contribution in [0, 0.1) is 0 Å². The molecule has 59 heavy (non-hydrogen) atoms. The SMILES string of the molecule is NC(=O)CCC(NC(=O)Cc1ccccc1)C(=O)O.O=C(O)Cc1ccccc1.O=C(O)Cc1ccccc1.O=C(O)Cc1ccccc1.O=C(O)Cc1ccccc1. The van der Waals surface area contributed by atoms with E-state index in [0.29, 0.717) is 0 Å². The maximum Gasteiger partial charge on any atom is 0.326 e. The number of nitrogens with one attached hydrogen (secondary N) is 1. The number of rotatable bonds is 15. The van der Waals surface area contributed by atoms with E-state index in [4.69, 9.17) is 31.3 Å². The number of hydrogen-bond acceptors (Lipinski definition) is 7. The topological polar surface area (TPSA) is 259 Å². The quantitative estimate of drug-likeness (QED) is 0.0709. The molecule has 8 N–H and O–H groups in total. The third-order valence-corrected chi connectivity index (χ3v) is 7.31. The molecule has 0 fully saturated rings. The average Bonchev–Trinajstić information content (AvgIpc) is 3.18. The van der Waals surface area contributed by atoms with Crippen molar-refractivity contribution in [3.05, 3.63) is 179 Å². The summed E-state index contributed by atoms with van der Waals surface area (Å²) < 4.78 is 0. The minimum absolute atomic E-state index is 0.00873. The van der Waals surface area contributed by atoms with Crippen molar-refractivity contribution in [3.63, 3.8) is 0 Å². The first-order valence-corrected chi connectivity index (χ1v) is 18.0. The lowest BCUT2D eigenvalue weighted by Gasteiger charge is -2.13. The highest BCUT2D eigenvalue weighted by Gasteiger charge is 2.20. The molecule has 310 valence electrons. The summed E-state index contributed by atoms with van der Waals surface area (Å²) >= 11 is 0. The van der Waals surface area contributed by atoms with Gasteiger partial charge in [0.05, 0.1) is 32.1 Å². The Balaban J connectivity index is 0.000000381. The van der Waals surface area contributed by atoms with E-state index in [1.165, 1.54) is 0 Å². The predicted molar refractivity (Wildman–Crippen MR) is 219 cm³/mol. The molecule has 0 heterocycles. The molecule has 2 amide bonds. The summed E-state index contributed by atoms with van der Waals surface area (Å²) in [6, 6.07) is 44.4. The Hall–Kier alpha value is -7.61. The molecule has 0 radical (unpaired) electrons. The van der Waals surface area contributed by atoms with Crippen LogP contribution in [0.4, 0.5) is 0 Å². The second-order valence-corrected chi connectivity index (χ2v) is 12.4. The van der Waals surface area contributed by atoms with E-state index < -0.39 is 47.7 Å². The molecule has 0 aliphatic rings. The highest BCUT2D eigenvalue weighted by Crippen LogP contribution is 2.03. The molecule has 0 aliphatic carbocycles. The molecular weight excluding hydrogens is 760 g/mol. The van der Waals surface area contributed by atoms with Crippen LogP contribution in [0.1, 0.15) is 40.7 Å². The minimum atomic E-state index is -1.18. The van der Waals surface area contributed by atoms with Crippen LogP contribution in [-0.4, -0.2) is 73.2 Å². The van der Waals surface area contributed by atoms with Gasteiger partial charge in [0.15, 0.2) is 0 Å². The van der Waals surface area contributed by atoms with Crippen molar-refractivity contribution in [2.45, 2.75) is 51.0 Å². The Morgan fingerprint density at radius 2 is 0.644 bits per heavy atom. The number of benzene rings is 5. The molecule has 0 aliphatic heterocycles. The normalized spacial score (nSPS) is 9.97. The van der Waals surface area contributed by atoms with Crippen molar-refractivity contribution < 1.29 is 59.1 Å². The molecule has 14 nitrogen and oxygen atoms in total. The maximum atomic E-state index is 11.7. The van der Waals surface area contributed by atoms with Crippen LogP contribution in [0.5, 0.6) is 0 Å². The maximum absolute atomic E-state index is 11.7. The fourth-order valence-electron chi connectivity index (χ4n) is 4.65. The number of carbonyl (C=O) groups excluding carboxylic acids is 2. The van der Waals surface area contributed by atoms with Crippen LogP contribution >= 0.6 is 0 Å². The predicted octanol–water partition coefficient (Wildman–Crippen LogP) is 5.32. The fraction of sp³-hybridized carbons (Fsp3) is 0.178. The summed E-state index contributed by atoms with van der Waals surface area (Å²) in [5.41, 5.74) is 9.11. The molecule has 5 aromatic rings. The number of primary amides is 1. The van der Waals surface area contributed by atoms with E-state index in [2.05, 4.69) is 5.32 Å². The Morgan fingerprint density at radius 1 is 0.407 bits per heavy atom. The van der Waals surface area contributed by atoms with Gasteiger partial charge in [0.25, 0.3) is 0 Å². The lowest BCUT2D eigenvalue weighted by molar-refractivity contribution is -0.142. The number of aliphatic carboxylic acids is 5. The summed E-state index contributed by atoms with van der Waals surface area (Å²) in [7, 11) is 0. The molecule has 14 heteroatoms. The summed E-state index contributed by atoms with van der Waals surface area (Å²) in [4.78, 5) is 73.9. The molecule has 0 aromatic heterocycles. The summed E-state index contributed by atoms with van der Waals surface area (Å²) in [5.74, 6) is -5.32. The Bertz CT molecular complexity index is 1790. The molecule has 0 spiro atoms. The standard InChI is InChI=1S/C13H16N2O4.4C8H8O2/c14-11(16)7-6-10(13(18)19)15-12(17)8-9-4-2-1-3-5-9;4*9-8(10)6-7-4-2-1-3-5-7/h1-5,10H,6-8H2,(H2,14,16)(H,15,17)(H,18,19);4*1-5H,6H2,(H,9,10). The van der Waals surface area contributed by atoms with E-state index in [0.717, 1.165) is 27.8 Å². The molecule has 5 rings (SSSR count). The van der Waals surface area contributed by atoms with Crippen molar-refractivity contribution in [2.24, 2.45) is 5.73 Å². The van der Waals surface area contributed by atoms with Crippen LogP contribution in [0.3, 0.4) is 0 Å². The zero-order valence-corrected chi connectivity index (χ0v) is 32.1. The molecule has 1 unspecified atom stereocenters. The van der Waals surface area contributed by atoms with Crippen molar-refractivity contribution in [1.82, 2.24) is 5.32 Å². The second-order valence-electron chi connectivity index (χ2n) is 12.4. The lowest BCUT2D eigenvalue weighted by atomic mass is 10.1. The van der Waals surface area contributed by atoms with Gasteiger partial charge in [0.1, 0.15) is 6.04 Å². The molecule has 0 saturated heterocycles. The van der Waals surface area contributed by atoms with Crippen molar-refractivity contribution in [3.8, 4) is 0 Å². The van der Waals surface area contributed by atoms with Crippen LogP contribution < -0.4 is 11.1 Å². The first-order chi connectivity index (χ1) is 28.1. The Kier molecular flexibility index (Phi) is 24.8. The second kappa shape index (κ2) is 29.6. The highest BCUT2D eigenvalue weighted by atomic mass is 16.4. The van der Waals surface area contributed by atoms with Crippen LogP contribution in [0.15, 0.2) is 152 Å². The largest absolute Gasteiger partial charge is 0.481 e. The first kappa shape index (κ1) is 49.4. The van der Waals surface area contributed by atoms with Gasteiger partial charge in [-0.3, -0.25) is 28.8 Å². The average molecular weight is 809 g/mol. The zero-order valence-electron chi connectivity index (χ0n) is 32.1. The van der Waals surface area contributed by atoms with Gasteiger partial charge in [-0.05, 0) is 34.2 Å². The Labute approximate surface area is 341 Å². The van der Waals surface area contributed by atoms with Gasteiger partial charge in [-0.1, -0.05) is 152 Å². The van der Waals surface area contributed by atoms with Crippen molar-refractivity contribution >= 4 is 41.7 Å². The number of nitrogens with two attached hydrogens (primary N) is 1. The number of carboxylic acid groups (broad SMARTS) is 5. The van der Waals surface area contributed by atoms with E-state index in [-0.39, 0.29) is 44.9 Å². The van der Waals surface area contributed by atoms with Crippen LogP contribution in [0.2, 0.25) is 0 Å². The van der Waals surface area contributed by atoms with Gasteiger partial charge in [0.2, 0.25) is 11.8 Å². The van der Waals surface area contributed by atoms with Gasteiger partial charge in [-0.15, -0.1) is 0 Å². The molecular formula is C45H48N2O12. The van der Waals surface area contributed by atoms with Crippen molar-refractivity contribution in [2.75, 3.05) is 0 Å². The monoisotopic (exact) mass is 808 g/mol. The van der Waals surface area contributed by atoms with Gasteiger partial charge in [0, 0.05) is 6.42 Å². The van der Waals surface area contributed by atoms with E-state index in [9.17, 15) is 33.6 Å². The van der Waals surface area contributed by atoms with Gasteiger partial charge < -0.3 is 36.6 Å². The Morgan fingerprint density at radius 3 is 0.847 bits per heavy atom. The third-order valence-electron chi connectivity index (χ3n) is 7.31. The van der Waals surface area contributed by atoms with Gasteiger partial charge in [-0.25, -0.2) is 4.79 Å². The molecule has 1 atom stereocenters. The summed E-state index contributed by atoms with van der Waals surface area (Å²) in [6.45, 7) is 0. The van der Waals surface area contributed by atoms with Crippen LogP contribution in [0.25, 0.3) is 0 Å². The van der Waals surface area contributed by atoms with Gasteiger partial charge in [-0.2, -0.15) is 0 Å². The number of hydrogen-bond donors (Lipinski definition) is 7. The van der Waals surface area contributed by atoms with E-state index >= 15 is 0 Å². The van der Waals surface area contributed by atoms with Crippen LogP contribution in [-0.2, 0) is 65.7 Å². The lowest BCUT2D eigenvalue weighted by Crippen LogP contribution is -2.42. The molecule has 5 aromatic carbocycles. The fourth-order valence-corrected chi connectivity index (χ4v) is 4.65. The minimum Gasteiger partial charge on any atom is -0.481 e. The third kappa shape index (κ3) is 27.6. The smallest absolute Gasteiger partial charge is 0.326 e. The summed E-state index contributed by atoms with van der Waals surface area (Å²) in [5, 5.41) is 44.8.